The zero-order valence-electron chi connectivity index (χ0n) is 15.6. The maximum atomic E-state index is 13.5. The van der Waals surface area contributed by atoms with Crippen LogP contribution < -0.4 is 5.32 Å². The van der Waals surface area contributed by atoms with Gasteiger partial charge in [-0.1, -0.05) is 87.8 Å². The van der Waals surface area contributed by atoms with Gasteiger partial charge in [-0.3, -0.25) is 4.79 Å². The Morgan fingerprint density at radius 1 is 0.769 bits per heavy atom. The second kappa shape index (κ2) is 9.51. The highest BCUT2D eigenvalue weighted by Gasteiger charge is 2.39. The fourth-order valence-electron chi connectivity index (χ4n) is 4.12. The number of hydrogen-bond donors (Lipinski definition) is 1. The number of pyridine rings is 1. The Balaban J connectivity index is 1.90. The monoisotopic (exact) mass is 350 g/mol. The molecule has 1 aromatic heterocycles. The summed E-state index contributed by atoms with van der Waals surface area (Å²) in [5.41, 5.74) is 0.691. The van der Waals surface area contributed by atoms with E-state index < -0.39 is 5.41 Å². The molecule has 1 N–H and O–H groups in total. The van der Waals surface area contributed by atoms with Crippen molar-refractivity contribution >= 4 is 11.7 Å². The Hall–Kier alpha value is -2.16. The Bertz CT molecular complexity index is 657. The van der Waals surface area contributed by atoms with Crippen LogP contribution >= 0.6 is 0 Å². The van der Waals surface area contributed by atoms with Crippen molar-refractivity contribution in [2.45, 2.75) is 69.6 Å². The van der Waals surface area contributed by atoms with Gasteiger partial charge in [0.05, 0.1) is 5.41 Å². The van der Waals surface area contributed by atoms with Crippen molar-refractivity contribution in [3.05, 3.63) is 60.3 Å². The summed E-state index contributed by atoms with van der Waals surface area (Å²) in [5.74, 6) is 0.740. The first-order valence-electron chi connectivity index (χ1n) is 10.1. The Morgan fingerprint density at radius 2 is 1.35 bits per heavy atom. The van der Waals surface area contributed by atoms with Crippen LogP contribution in [0.15, 0.2) is 54.7 Å². The highest BCUT2D eigenvalue weighted by molar-refractivity contribution is 5.98. The highest BCUT2D eigenvalue weighted by atomic mass is 16.2. The molecule has 1 aliphatic rings. The average Bonchev–Trinajstić information content (AvgIpc) is 2.74. The number of benzene rings is 1. The molecule has 1 fully saturated rings. The normalized spacial score (nSPS) is 18.5. The van der Waals surface area contributed by atoms with Crippen LogP contribution in [-0.4, -0.2) is 10.9 Å². The summed E-state index contributed by atoms with van der Waals surface area (Å²) in [6, 6.07) is 16.0. The van der Waals surface area contributed by atoms with Gasteiger partial charge in [0, 0.05) is 6.20 Å². The molecule has 1 saturated carbocycles. The molecule has 0 spiro atoms. The van der Waals surface area contributed by atoms with E-state index in [1.165, 1.54) is 38.5 Å². The number of aromatic nitrogens is 1. The van der Waals surface area contributed by atoms with Crippen molar-refractivity contribution in [1.82, 2.24) is 4.98 Å². The lowest BCUT2D eigenvalue weighted by Gasteiger charge is -2.33. The van der Waals surface area contributed by atoms with Crippen LogP contribution in [0, 0.1) is 0 Å². The SMILES string of the molecule is O=C(Nc1ccccn1)C1(c2ccccc2)CCCCCCCCCC1. The van der Waals surface area contributed by atoms with Crippen LogP contribution in [0.1, 0.15) is 69.8 Å². The zero-order valence-corrected chi connectivity index (χ0v) is 15.6. The molecule has 1 heterocycles. The van der Waals surface area contributed by atoms with Crippen LogP contribution in [0.3, 0.4) is 0 Å². The van der Waals surface area contributed by atoms with E-state index in [0.29, 0.717) is 5.82 Å². The summed E-state index contributed by atoms with van der Waals surface area (Å²) in [4.78, 5) is 17.8. The van der Waals surface area contributed by atoms with Gasteiger partial charge in [0.15, 0.2) is 0 Å². The van der Waals surface area contributed by atoms with Gasteiger partial charge in [-0.2, -0.15) is 0 Å². The van der Waals surface area contributed by atoms with Gasteiger partial charge in [-0.05, 0) is 30.5 Å². The predicted octanol–water partition coefficient (Wildman–Crippen LogP) is 5.87. The maximum absolute atomic E-state index is 13.5. The molecular formula is C23H30N2O. The van der Waals surface area contributed by atoms with Gasteiger partial charge in [0.25, 0.3) is 0 Å². The van der Waals surface area contributed by atoms with Gasteiger partial charge in [0.2, 0.25) is 5.91 Å². The number of hydrogen-bond acceptors (Lipinski definition) is 2. The Labute approximate surface area is 157 Å². The van der Waals surface area contributed by atoms with Crippen molar-refractivity contribution in [2.24, 2.45) is 0 Å². The van der Waals surface area contributed by atoms with Crippen LogP contribution in [0.25, 0.3) is 0 Å². The molecule has 1 aromatic carbocycles. The number of nitrogens with one attached hydrogen (secondary N) is 1. The van der Waals surface area contributed by atoms with E-state index >= 15 is 0 Å². The largest absolute Gasteiger partial charge is 0.310 e. The van der Waals surface area contributed by atoms with Gasteiger partial charge in [0.1, 0.15) is 5.82 Å². The van der Waals surface area contributed by atoms with Crippen LogP contribution in [0.4, 0.5) is 5.82 Å². The number of carbonyl (C=O) groups excluding carboxylic acids is 1. The molecular weight excluding hydrogens is 320 g/mol. The van der Waals surface area contributed by atoms with Gasteiger partial charge < -0.3 is 5.32 Å². The van der Waals surface area contributed by atoms with Crippen molar-refractivity contribution in [2.75, 3.05) is 5.32 Å². The first-order chi connectivity index (χ1) is 12.8. The third kappa shape index (κ3) is 4.72. The lowest BCUT2D eigenvalue weighted by Crippen LogP contribution is -2.40. The van der Waals surface area contributed by atoms with E-state index in [2.05, 4.69) is 34.6 Å². The van der Waals surface area contributed by atoms with Gasteiger partial charge >= 0.3 is 0 Å². The molecule has 26 heavy (non-hydrogen) atoms. The molecule has 0 atom stereocenters. The van der Waals surface area contributed by atoms with E-state index in [0.717, 1.165) is 31.2 Å². The summed E-state index contributed by atoms with van der Waals surface area (Å²) < 4.78 is 0. The summed E-state index contributed by atoms with van der Waals surface area (Å²) in [5, 5.41) is 3.10. The Kier molecular flexibility index (Phi) is 6.82. The zero-order chi connectivity index (χ0) is 18.1. The van der Waals surface area contributed by atoms with E-state index in [-0.39, 0.29) is 5.91 Å². The molecule has 0 radical (unpaired) electrons. The Morgan fingerprint density at radius 3 is 1.92 bits per heavy atom. The minimum absolute atomic E-state index is 0.0987. The van der Waals surface area contributed by atoms with Crippen LogP contribution in [0.2, 0.25) is 0 Å². The minimum Gasteiger partial charge on any atom is -0.310 e. The third-order valence-corrected chi connectivity index (χ3v) is 5.62. The number of anilines is 1. The van der Waals surface area contributed by atoms with Crippen molar-refractivity contribution in [3.8, 4) is 0 Å². The smallest absolute Gasteiger partial charge is 0.236 e. The second-order valence-electron chi connectivity index (χ2n) is 7.45. The molecule has 3 heteroatoms. The molecule has 138 valence electrons. The molecule has 0 bridgehead atoms. The quantitative estimate of drug-likeness (QED) is 0.752. The molecule has 0 aliphatic heterocycles. The third-order valence-electron chi connectivity index (χ3n) is 5.62. The van der Waals surface area contributed by atoms with E-state index in [4.69, 9.17) is 0 Å². The highest BCUT2D eigenvalue weighted by Crippen LogP contribution is 2.37. The van der Waals surface area contributed by atoms with Crippen LogP contribution in [0.5, 0.6) is 0 Å². The summed E-state index contributed by atoms with van der Waals surface area (Å²) in [7, 11) is 0. The van der Waals surface area contributed by atoms with Crippen molar-refractivity contribution in [3.63, 3.8) is 0 Å². The number of rotatable bonds is 3. The summed E-state index contributed by atoms with van der Waals surface area (Å²) >= 11 is 0. The number of carbonyl (C=O) groups is 1. The molecule has 3 nitrogen and oxygen atoms in total. The van der Waals surface area contributed by atoms with Gasteiger partial charge in [-0.25, -0.2) is 4.98 Å². The molecule has 0 saturated heterocycles. The topological polar surface area (TPSA) is 42.0 Å². The standard InChI is InChI=1S/C23H30N2O/c26-22(25-21-16-10-13-19-24-21)23(20-14-8-7-9-15-20)17-11-5-3-1-2-4-6-12-18-23/h7-10,13-16,19H,1-6,11-12,17-18H2,(H,24,25,26). The van der Waals surface area contributed by atoms with Crippen molar-refractivity contribution < 1.29 is 4.79 Å². The fourth-order valence-corrected chi connectivity index (χ4v) is 4.12. The van der Waals surface area contributed by atoms with Crippen molar-refractivity contribution in [1.29, 1.82) is 0 Å². The number of nitrogens with zero attached hydrogens (tertiary/aromatic N) is 1. The maximum Gasteiger partial charge on any atom is 0.236 e. The van der Waals surface area contributed by atoms with E-state index in [1.54, 1.807) is 6.20 Å². The average molecular weight is 351 g/mol. The van der Waals surface area contributed by atoms with E-state index in [1.807, 2.05) is 24.3 Å². The number of amides is 1. The summed E-state index contributed by atoms with van der Waals surface area (Å²) in [6.45, 7) is 0. The lowest BCUT2D eigenvalue weighted by molar-refractivity contribution is -0.122. The predicted molar refractivity (Wildman–Crippen MR) is 107 cm³/mol. The molecule has 0 unspecified atom stereocenters. The lowest BCUT2D eigenvalue weighted by atomic mass is 9.71. The molecule has 1 amide bonds. The second-order valence-corrected chi connectivity index (χ2v) is 7.45. The van der Waals surface area contributed by atoms with Crippen LogP contribution in [-0.2, 0) is 10.2 Å². The van der Waals surface area contributed by atoms with E-state index in [9.17, 15) is 4.79 Å². The van der Waals surface area contributed by atoms with Gasteiger partial charge in [-0.15, -0.1) is 0 Å². The first-order valence-corrected chi connectivity index (χ1v) is 10.1. The fraction of sp³-hybridized carbons (Fsp3) is 0.478. The summed E-state index contributed by atoms with van der Waals surface area (Å²) in [6.07, 6.45) is 13.4. The minimum atomic E-state index is -0.455. The first kappa shape index (κ1) is 18.6. The molecule has 3 rings (SSSR count). The molecule has 1 aliphatic carbocycles. The molecule has 2 aromatic rings.